The number of benzene rings is 2. The van der Waals surface area contributed by atoms with Crippen molar-refractivity contribution in [1.29, 1.82) is 0 Å². The van der Waals surface area contributed by atoms with E-state index in [9.17, 15) is 29.9 Å². The molecule has 3 N–H and O–H groups in total. The van der Waals surface area contributed by atoms with Crippen LogP contribution in [-0.2, 0) is 22.4 Å². The van der Waals surface area contributed by atoms with Crippen LogP contribution in [0, 0.1) is 10.1 Å². The van der Waals surface area contributed by atoms with Crippen molar-refractivity contribution >= 4 is 44.3 Å². The second-order valence-electron chi connectivity index (χ2n) is 8.05. The van der Waals surface area contributed by atoms with E-state index in [2.05, 4.69) is 20.9 Å². The van der Waals surface area contributed by atoms with E-state index in [1.165, 1.54) is 31.1 Å². The van der Waals surface area contributed by atoms with Crippen molar-refractivity contribution in [2.24, 2.45) is 0 Å². The molecule has 172 valence electrons. The SMILES string of the molecule is CN1C(=O)[C@](O)(Cc2cccc(O)c2Br)N(C)C(=O)[C@@H]1Cc1c[nH]c2cccc([N+](=O)[O-])c12. The molecule has 2 aromatic carbocycles. The van der Waals surface area contributed by atoms with E-state index in [1.54, 1.807) is 30.5 Å². The Morgan fingerprint density at radius 1 is 1.18 bits per heavy atom. The number of nitro benzene ring substituents is 1. The van der Waals surface area contributed by atoms with Gasteiger partial charge < -0.3 is 25.0 Å². The molecule has 2 atom stereocenters. The van der Waals surface area contributed by atoms with Gasteiger partial charge in [-0.25, -0.2) is 0 Å². The number of aromatic nitrogens is 1. The van der Waals surface area contributed by atoms with E-state index in [4.69, 9.17) is 0 Å². The van der Waals surface area contributed by atoms with Crippen LogP contribution in [0.1, 0.15) is 11.1 Å². The van der Waals surface area contributed by atoms with Crippen LogP contribution in [0.4, 0.5) is 5.69 Å². The summed E-state index contributed by atoms with van der Waals surface area (Å²) in [5, 5.41) is 33.1. The third-order valence-corrected chi connectivity index (χ3v) is 7.09. The molecule has 4 rings (SSSR count). The van der Waals surface area contributed by atoms with E-state index in [1.807, 2.05) is 0 Å². The fraction of sp³-hybridized carbons (Fsp3) is 0.273. The van der Waals surface area contributed by atoms with Crippen LogP contribution in [0.25, 0.3) is 10.9 Å². The van der Waals surface area contributed by atoms with Crippen LogP contribution in [0.3, 0.4) is 0 Å². The molecule has 0 unspecified atom stereocenters. The summed E-state index contributed by atoms with van der Waals surface area (Å²) in [7, 11) is 2.76. The number of likely N-dealkylation sites (N-methyl/N-ethyl adjacent to an activating group) is 2. The summed E-state index contributed by atoms with van der Waals surface area (Å²) in [6.45, 7) is 0. The molecule has 33 heavy (non-hydrogen) atoms. The number of aromatic amines is 1. The van der Waals surface area contributed by atoms with Gasteiger partial charge >= 0.3 is 0 Å². The lowest BCUT2D eigenvalue weighted by Crippen LogP contribution is -2.71. The van der Waals surface area contributed by atoms with Gasteiger partial charge in [0.05, 0.1) is 20.3 Å². The largest absolute Gasteiger partial charge is 0.507 e. The number of aliphatic hydroxyl groups is 1. The van der Waals surface area contributed by atoms with Crippen LogP contribution in [0.5, 0.6) is 5.75 Å². The summed E-state index contributed by atoms with van der Waals surface area (Å²) in [6.07, 6.45) is 1.38. The predicted octanol–water partition coefficient (Wildman–Crippen LogP) is 2.32. The van der Waals surface area contributed by atoms with Crippen molar-refractivity contribution in [2.45, 2.75) is 24.6 Å². The lowest BCUT2D eigenvalue weighted by molar-refractivity contribution is -0.383. The number of fused-ring (bicyclic) bond motifs is 1. The van der Waals surface area contributed by atoms with Crippen molar-refractivity contribution in [3.05, 3.63) is 68.3 Å². The molecule has 1 aliphatic rings. The first-order valence-electron chi connectivity index (χ1n) is 10.0. The Morgan fingerprint density at radius 3 is 2.58 bits per heavy atom. The molecule has 0 radical (unpaired) electrons. The number of carbonyl (C=O) groups is 2. The Balaban J connectivity index is 1.67. The van der Waals surface area contributed by atoms with Crippen LogP contribution >= 0.6 is 15.9 Å². The van der Waals surface area contributed by atoms with Gasteiger partial charge in [-0.15, -0.1) is 0 Å². The van der Waals surface area contributed by atoms with Crippen molar-refractivity contribution < 1.29 is 24.7 Å². The Bertz CT molecular complexity index is 1290. The monoisotopic (exact) mass is 516 g/mol. The van der Waals surface area contributed by atoms with Crippen molar-refractivity contribution in [1.82, 2.24) is 14.8 Å². The van der Waals surface area contributed by atoms with Crippen LogP contribution in [-0.4, -0.2) is 67.6 Å². The molecule has 0 spiro atoms. The van der Waals surface area contributed by atoms with E-state index in [-0.39, 0.29) is 24.3 Å². The van der Waals surface area contributed by atoms with Gasteiger partial charge in [-0.05, 0) is 39.2 Å². The van der Waals surface area contributed by atoms with Crippen molar-refractivity contribution in [3.63, 3.8) is 0 Å². The van der Waals surface area contributed by atoms with Gasteiger partial charge in [-0.3, -0.25) is 19.7 Å². The van der Waals surface area contributed by atoms with Gasteiger partial charge in [0.2, 0.25) is 11.6 Å². The highest BCUT2D eigenvalue weighted by molar-refractivity contribution is 9.10. The minimum Gasteiger partial charge on any atom is -0.507 e. The van der Waals surface area contributed by atoms with Gasteiger partial charge in [0.1, 0.15) is 11.8 Å². The number of rotatable bonds is 5. The number of H-pyrrole nitrogens is 1. The van der Waals surface area contributed by atoms with Crippen LogP contribution in [0.2, 0.25) is 0 Å². The molecule has 2 heterocycles. The first-order chi connectivity index (χ1) is 15.6. The highest BCUT2D eigenvalue weighted by Crippen LogP contribution is 2.35. The van der Waals surface area contributed by atoms with E-state index in [0.29, 0.717) is 26.5 Å². The van der Waals surface area contributed by atoms with E-state index in [0.717, 1.165) is 4.90 Å². The van der Waals surface area contributed by atoms with Gasteiger partial charge in [0.25, 0.3) is 11.6 Å². The van der Waals surface area contributed by atoms with Gasteiger partial charge in [0.15, 0.2) is 0 Å². The Hall–Kier alpha value is -3.44. The van der Waals surface area contributed by atoms with Gasteiger partial charge in [0, 0.05) is 39.2 Å². The number of aromatic hydroxyl groups is 1. The smallest absolute Gasteiger partial charge is 0.279 e. The summed E-state index contributed by atoms with van der Waals surface area (Å²) >= 11 is 3.25. The zero-order valence-electron chi connectivity index (χ0n) is 17.8. The molecule has 1 aliphatic heterocycles. The minimum absolute atomic E-state index is 0.0299. The first kappa shape index (κ1) is 22.7. The molecular formula is C22H21BrN4O6. The fourth-order valence-corrected chi connectivity index (χ4v) is 4.69. The molecule has 1 saturated heterocycles. The number of phenols is 1. The maximum absolute atomic E-state index is 13.3. The summed E-state index contributed by atoms with van der Waals surface area (Å²) in [5.74, 6) is -1.26. The number of phenolic OH excluding ortho intramolecular Hbond substituents is 1. The third kappa shape index (κ3) is 3.62. The lowest BCUT2D eigenvalue weighted by Gasteiger charge is -2.47. The van der Waals surface area contributed by atoms with E-state index < -0.39 is 28.5 Å². The molecule has 10 nitrogen and oxygen atoms in total. The maximum atomic E-state index is 13.3. The van der Waals surface area contributed by atoms with Crippen molar-refractivity contribution in [3.8, 4) is 5.75 Å². The number of hydrogen-bond donors (Lipinski definition) is 3. The minimum atomic E-state index is -2.16. The summed E-state index contributed by atoms with van der Waals surface area (Å²) in [5.41, 5.74) is -0.741. The Morgan fingerprint density at radius 2 is 1.88 bits per heavy atom. The number of non-ortho nitro benzene ring substituents is 1. The predicted molar refractivity (Wildman–Crippen MR) is 122 cm³/mol. The Labute approximate surface area is 196 Å². The van der Waals surface area contributed by atoms with E-state index >= 15 is 0 Å². The third-order valence-electron chi connectivity index (χ3n) is 6.17. The molecule has 0 saturated carbocycles. The topological polar surface area (TPSA) is 140 Å². The zero-order valence-corrected chi connectivity index (χ0v) is 19.4. The maximum Gasteiger partial charge on any atom is 0.279 e. The molecule has 3 aromatic rings. The quantitative estimate of drug-likeness (QED) is 0.351. The number of piperazine rings is 1. The number of nitro groups is 1. The number of hydrogen-bond acceptors (Lipinski definition) is 6. The second-order valence-corrected chi connectivity index (χ2v) is 8.84. The second kappa shape index (κ2) is 8.16. The number of nitrogens with one attached hydrogen (secondary N) is 1. The summed E-state index contributed by atoms with van der Waals surface area (Å²) in [4.78, 5) is 42.7. The zero-order chi connectivity index (χ0) is 24.1. The number of amides is 2. The molecular weight excluding hydrogens is 496 g/mol. The molecule has 0 aliphatic carbocycles. The molecule has 11 heteroatoms. The summed E-state index contributed by atoms with van der Waals surface area (Å²) in [6, 6.07) is 8.34. The van der Waals surface area contributed by atoms with Crippen LogP contribution in [0.15, 0.2) is 47.1 Å². The highest BCUT2D eigenvalue weighted by atomic mass is 79.9. The number of carbonyl (C=O) groups excluding carboxylic acids is 2. The normalized spacial score (nSPS) is 21.2. The van der Waals surface area contributed by atoms with Crippen LogP contribution < -0.4 is 0 Å². The number of halogens is 1. The number of nitrogens with zero attached hydrogens (tertiary/aromatic N) is 3. The standard InChI is InChI=1S/C22H21BrN4O6/c1-25-16(9-13-11-24-14-6-4-7-15(18(13)14)27(32)33)20(29)26(2)22(31,21(25)30)10-12-5-3-8-17(28)19(12)23/h3-8,11,16,24,28,31H,9-10H2,1-2H3/t16-,22+/m0/s1. The first-order valence-corrected chi connectivity index (χ1v) is 10.8. The molecule has 0 bridgehead atoms. The highest BCUT2D eigenvalue weighted by Gasteiger charge is 2.53. The van der Waals surface area contributed by atoms with Gasteiger partial charge in [-0.2, -0.15) is 0 Å². The fourth-order valence-electron chi connectivity index (χ4n) is 4.28. The molecule has 1 aromatic heterocycles. The molecule has 2 amide bonds. The Kier molecular flexibility index (Phi) is 5.62. The van der Waals surface area contributed by atoms with Crippen molar-refractivity contribution in [2.75, 3.05) is 14.1 Å². The average Bonchev–Trinajstić information content (AvgIpc) is 3.20. The van der Waals surface area contributed by atoms with Gasteiger partial charge in [-0.1, -0.05) is 18.2 Å². The lowest BCUT2D eigenvalue weighted by atomic mass is 9.92. The molecule has 1 fully saturated rings. The average molecular weight is 517 g/mol. The summed E-state index contributed by atoms with van der Waals surface area (Å²) < 4.78 is 0.322.